The van der Waals surface area contributed by atoms with Crippen LogP contribution >= 0.6 is 0 Å². The van der Waals surface area contributed by atoms with Crippen molar-refractivity contribution < 1.29 is 19.1 Å². The zero-order valence-corrected chi connectivity index (χ0v) is 16.0. The molecule has 0 bridgehead atoms. The van der Waals surface area contributed by atoms with Gasteiger partial charge in [-0.1, -0.05) is 17.7 Å². The van der Waals surface area contributed by atoms with Crippen molar-refractivity contribution >= 4 is 29.2 Å². The van der Waals surface area contributed by atoms with Crippen LogP contribution in [0, 0.1) is 12.3 Å². The Labute approximate surface area is 162 Å². The Morgan fingerprint density at radius 1 is 1.07 bits per heavy atom. The molecule has 2 aromatic carbocycles. The smallest absolute Gasteiger partial charge is 0.335 e. The molecule has 28 heavy (non-hydrogen) atoms. The second kappa shape index (κ2) is 6.37. The van der Waals surface area contributed by atoms with Gasteiger partial charge in [-0.2, -0.15) is 0 Å². The molecular formula is C21H21N3O4. The summed E-state index contributed by atoms with van der Waals surface area (Å²) in [5.74, 6) is -0.446. The number of amides is 4. The molecule has 1 atom stereocenters. The maximum absolute atomic E-state index is 13.5. The van der Waals surface area contributed by atoms with Crippen LogP contribution in [0.25, 0.3) is 0 Å². The maximum atomic E-state index is 13.5. The normalized spacial score (nSPS) is 21.6. The molecule has 1 unspecified atom stereocenters. The lowest BCUT2D eigenvalue weighted by molar-refractivity contribution is -0.142. The van der Waals surface area contributed by atoms with Crippen molar-refractivity contribution in [2.75, 3.05) is 30.5 Å². The van der Waals surface area contributed by atoms with E-state index in [2.05, 4.69) is 5.32 Å². The van der Waals surface area contributed by atoms with E-state index in [0.29, 0.717) is 11.4 Å². The summed E-state index contributed by atoms with van der Waals surface area (Å²) in [5, 5.41) is 2.38. The number of nitrogens with zero attached hydrogens (tertiary/aromatic N) is 2. The van der Waals surface area contributed by atoms with E-state index in [0.717, 1.165) is 21.7 Å². The summed E-state index contributed by atoms with van der Waals surface area (Å²) < 4.78 is 5.14. The van der Waals surface area contributed by atoms with Crippen molar-refractivity contribution in [3.63, 3.8) is 0 Å². The number of carbonyl (C=O) groups is 3. The van der Waals surface area contributed by atoms with Gasteiger partial charge in [0.15, 0.2) is 5.41 Å². The van der Waals surface area contributed by atoms with Gasteiger partial charge in [0.05, 0.1) is 12.8 Å². The summed E-state index contributed by atoms with van der Waals surface area (Å²) in [6.45, 7) is 2.17. The van der Waals surface area contributed by atoms with E-state index >= 15 is 0 Å². The van der Waals surface area contributed by atoms with E-state index in [4.69, 9.17) is 4.74 Å². The predicted molar refractivity (Wildman–Crippen MR) is 105 cm³/mol. The minimum atomic E-state index is -1.36. The van der Waals surface area contributed by atoms with Crippen LogP contribution < -0.4 is 19.9 Å². The lowest BCUT2D eigenvalue weighted by Gasteiger charge is -2.45. The van der Waals surface area contributed by atoms with Gasteiger partial charge in [0.25, 0.3) is 5.91 Å². The van der Waals surface area contributed by atoms with Gasteiger partial charge in [0.1, 0.15) is 5.75 Å². The number of methoxy groups -OCH3 is 1. The first kappa shape index (κ1) is 18.0. The highest BCUT2D eigenvalue weighted by Gasteiger charge is 2.56. The van der Waals surface area contributed by atoms with Crippen LogP contribution in [0.4, 0.5) is 16.2 Å². The van der Waals surface area contributed by atoms with Crippen LogP contribution in [-0.4, -0.2) is 38.5 Å². The third-order valence-electron chi connectivity index (χ3n) is 5.45. The molecule has 0 aliphatic carbocycles. The Hall–Kier alpha value is -3.35. The Morgan fingerprint density at radius 2 is 1.79 bits per heavy atom. The Bertz CT molecular complexity index is 986. The summed E-state index contributed by atoms with van der Waals surface area (Å²) in [7, 11) is 3.39. The zero-order chi connectivity index (χ0) is 20.1. The van der Waals surface area contributed by atoms with Crippen LogP contribution in [0.1, 0.15) is 11.1 Å². The van der Waals surface area contributed by atoms with Gasteiger partial charge >= 0.3 is 6.03 Å². The number of barbiturate groups is 1. The quantitative estimate of drug-likeness (QED) is 0.810. The lowest BCUT2D eigenvalue weighted by atomic mass is 9.74. The van der Waals surface area contributed by atoms with Gasteiger partial charge in [0.2, 0.25) is 5.91 Å². The minimum Gasteiger partial charge on any atom is -0.497 e. The fourth-order valence-corrected chi connectivity index (χ4v) is 4.04. The second-order valence-corrected chi connectivity index (χ2v) is 7.34. The fraction of sp³-hybridized carbons (Fsp3) is 0.286. The molecule has 144 valence electrons. The lowest BCUT2D eigenvalue weighted by Crippen LogP contribution is -2.68. The Balaban J connectivity index is 1.77. The molecule has 7 heteroatoms. The number of benzene rings is 2. The van der Waals surface area contributed by atoms with Gasteiger partial charge in [-0.3, -0.25) is 14.9 Å². The largest absolute Gasteiger partial charge is 0.497 e. The maximum Gasteiger partial charge on any atom is 0.335 e. The molecule has 1 N–H and O–H groups in total. The molecule has 4 amide bonds. The van der Waals surface area contributed by atoms with Gasteiger partial charge in [-0.25, -0.2) is 9.69 Å². The van der Waals surface area contributed by atoms with Gasteiger partial charge in [0, 0.05) is 19.3 Å². The number of hydrogen-bond acceptors (Lipinski definition) is 5. The van der Waals surface area contributed by atoms with E-state index in [-0.39, 0.29) is 13.0 Å². The molecule has 0 aromatic heterocycles. The molecule has 2 aliphatic heterocycles. The molecule has 0 radical (unpaired) electrons. The first-order chi connectivity index (χ1) is 13.4. The third kappa shape index (κ3) is 2.62. The number of fused-ring (bicyclic) bond motifs is 1. The highest BCUT2D eigenvalue weighted by Crippen LogP contribution is 2.40. The van der Waals surface area contributed by atoms with Crippen LogP contribution in [-0.2, 0) is 16.0 Å². The zero-order valence-electron chi connectivity index (χ0n) is 16.0. The number of nitrogens with one attached hydrogen (secondary N) is 1. The molecule has 4 rings (SSSR count). The summed E-state index contributed by atoms with van der Waals surface area (Å²) in [6.07, 6.45) is 0.249. The number of carbonyl (C=O) groups excluding carboxylic acids is 3. The Morgan fingerprint density at radius 3 is 2.46 bits per heavy atom. The van der Waals surface area contributed by atoms with Crippen molar-refractivity contribution in [2.45, 2.75) is 13.3 Å². The number of ether oxygens (including phenoxy) is 1. The van der Waals surface area contributed by atoms with E-state index in [1.54, 1.807) is 31.4 Å². The average molecular weight is 379 g/mol. The first-order valence-electron chi connectivity index (χ1n) is 9.00. The van der Waals surface area contributed by atoms with Gasteiger partial charge in [-0.15, -0.1) is 0 Å². The number of aryl methyl sites for hydroxylation is 1. The van der Waals surface area contributed by atoms with E-state index in [1.807, 2.05) is 37.1 Å². The topological polar surface area (TPSA) is 79.0 Å². The number of hydrogen-bond donors (Lipinski definition) is 1. The fourth-order valence-electron chi connectivity index (χ4n) is 4.04. The van der Waals surface area contributed by atoms with Crippen LogP contribution in [0.3, 0.4) is 0 Å². The summed E-state index contributed by atoms with van der Waals surface area (Å²) in [6, 6.07) is 11.9. The summed E-state index contributed by atoms with van der Waals surface area (Å²) in [5.41, 5.74) is 2.00. The van der Waals surface area contributed by atoms with Crippen molar-refractivity contribution in [1.29, 1.82) is 0 Å². The molecule has 1 saturated heterocycles. The number of urea groups is 1. The van der Waals surface area contributed by atoms with Gasteiger partial charge < -0.3 is 9.64 Å². The monoisotopic (exact) mass is 379 g/mol. The average Bonchev–Trinajstić information content (AvgIpc) is 2.67. The number of imide groups is 2. The minimum absolute atomic E-state index is 0.202. The number of anilines is 2. The summed E-state index contributed by atoms with van der Waals surface area (Å²) in [4.78, 5) is 41.8. The number of rotatable bonds is 2. The third-order valence-corrected chi connectivity index (χ3v) is 5.45. The van der Waals surface area contributed by atoms with Crippen LogP contribution in [0.2, 0.25) is 0 Å². The van der Waals surface area contributed by atoms with Crippen molar-refractivity contribution in [2.24, 2.45) is 5.41 Å². The molecule has 2 aromatic rings. The predicted octanol–water partition coefficient (Wildman–Crippen LogP) is 2.27. The van der Waals surface area contributed by atoms with Gasteiger partial charge in [-0.05, 0) is 49.2 Å². The highest BCUT2D eigenvalue weighted by molar-refractivity contribution is 6.30. The molecule has 1 spiro atoms. The van der Waals surface area contributed by atoms with Crippen LogP contribution in [0.15, 0.2) is 42.5 Å². The molecule has 2 aliphatic rings. The first-order valence-corrected chi connectivity index (χ1v) is 9.00. The standard InChI is InChI=1S/C21H21N3O4/c1-13-4-9-17-14(10-13)11-21(12-23(17)2)18(25)22-20(27)24(19(21)26)15-5-7-16(28-3)8-6-15/h4-10H,11-12H2,1-3H3,(H,22,25,27). The van der Waals surface area contributed by atoms with E-state index in [1.165, 1.54) is 0 Å². The van der Waals surface area contributed by atoms with Crippen LogP contribution in [0.5, 0.6) is 5.75 Å². The molecule has 2 heterocycles. The molecular weight excluding hydrogens is 358 g/mol. The highest BCUT2D eigenvalue weighted by atomic mass is 16.5. The second-order valence-electron chi connectivity index (χ2n) is 7.34. The van der Waals surface area contributed by atoms with Crippen molar-refractivity contribution in [1.82, 2.24) is 5.32 Å². The molecule has 0 saturated carbocycles. The van der Waals surface area contributed by atoms with E-state index < -0.39 is 23.3 Å². The summed E-state index contributed by atoms with van der Waals surface area (Å²) >= 11 is 0. The van der Waals surface area contributed by atoms with E-state index in [9.17, 15) is 14.4 Å². The Kier molecular flexibility index (Phi) is 4.10. The van der Waals surface area contributed by atoms with Crippen molar-refractivity contribution in [3.8, 4) is 5.75 Å². The molecule has 1 fully saturated rings. The SMILES string of the molecule is COc1ccc(N2C(=O)NC(=O)C3(Cc4cc(C)ccc4N(C)C3)C2=O)cc1. The van der Waals surface area contributed by atoms with Crippen molar-refractivity contribution in [3.05, 3.63) is 53.6 Å². The molecule has 7 nitrogen and oxygen atoms in total.